The van der Waals surface area contributed by atoms with Gasteiger partial charge in [-0.3, -0.25) is 14.4 Å². The molecule has 1 N–H and O–H groups in total. The van der Waals surface area contributed by atoms with Gasteiger partial charge in [-0.1, -0.05) is 13.8 Å². The first-order valence-corrected chi connectivity index (χ1v) is 7.54. The molecule has 0 spiro atoms. The monoisotopic (exact) mass is 303 g/mol. The van der Waals surface area contributed by atoms with E-state index >= 15 is 0 Å². The van der Waals surface area contributed by atoms with Crippen LogP contribution in [0.1, 0.15) is 44.0 Å². The summed E-state index contributed by atoms with van der Waals surface area (Å²) in [6.07, 6.45) is 0.915. The lowest BCUT2D eigenvalue weighted by Crippen LogP contribution is -2.25. The number of carbonyl (C=O) groups excluding carboxylic acids is 3. The lowest BCUT2D eigenvalue weighted by Gasteiger charge is -2.13. The summed E-state index contributed by atoms with van der Waals surface area (Å²) in [6.45, 7) is 5.20. The van der Waals surface area contributed by atoms with Gasteiger partial charge in [-0.05, 0) is 44.0 Å². The molecular formula is C17H21NO4. The lowest BCUT2D eigenvalue weighted by molar-refractivity contribution is -0.147. The predicted octanol–water partition coefficient (Wildman–Crippen LogP) is 2.81. The van der Waals surface area contributed by atoms with E-state index < -0.39 is 6.10 Å². The molecule has 1 saturated carbocycles. The number of esters is 1. The van der Waals surface area contributed by atoms with Crippen molar-refractivity contribution < 1.29 is 19.1 Å². The SMILES string of the molecule is CC(C)C(=O)Nc1ccc(C(=O)[C@@H](C)OC(=O)C2CC2)cc1. The van der Waals surface area contributed by atoms with E-state index in [1.165, 1.54) is 0 Å². The quantitative estimate of drug-likeness (QED) is 0.648. The highest BCUT2D eigenvalue weighted by molar-refractivity contribution is 6.01. The Balaban J connectivity index is 1.95. The zero-order chi connectivity index (χ0) is 16.3. The van der Waals surface area contributed by atoms with Crippen LogP contribution in [0.3, 0.4) is 0 Å². The van der Waals surface area contributed by atoms with E-state index in [0.29, 0.717) is 11.3 Å². The molecule has 5 heteroatoms. The van der Waals surface area contributed by atoms with E-state index in [-0.39, 0.29) is 29.5 Å². The number of benzene rings is 1. The normalized spacial score (nSPS) is 15.3. The van der Waals surface area contributed by atoms with Crippen molar-refractivity contribution in [1.29, 1.82) is 0 Å². The topological polar surface area (TPSA) is 72.5 Å². The number of carbonyl (C=O) groups is 3. The van der Waals surface area contributed by atoms with Crippen LogP contribution in [-0.4, -0.2) is 23.8 Å². The van der Waals surface area contributed by atoms with Gasteiger partial charge >= 0.3 is 5.97 Å². The number of rotatable bonds is 6. The third kappa shape index (κ3) is 4.16. The van der Waals surface area contributed by atoms with Gasteiger partial charge < -0.3 is 10.1 Å². The highest BCUT2D eigenvalue weighted by Crippen LogP contribution is 2.30. The molecule has 1 atom stereocenters. The molecule has 2 rings (SSSR count). The zero-order valence-corrected chi connectivity index (χ0v) is 13.1. The van der Waals surface area contributed by atoms with Crippen LogP contribution in [0.25, 0.3) is 0 Å². The van der Waals surface area contributed by atoms with Gasteiger partial charge in [0.2, 0.25) is 11.7 Å². The Labute approximate surface area is 130 Å². The highest BCUT2D eigenvalue weighted by atomic mass is 16.5. The van der Waals surface area contributed by atoms with Crippen LogP contribution in [0.15, 0.2) is 24.3 Å². The molecule has 0 radical (unpaired) electrons. The molecule has 1 aliphatic rings. The number of hydrogen-bond acceptors (Lipinski definition) is 4. The summed E-state index contributed by atoms with van der Waals surface area (Å²) in [5.74, 6) is -0.741. The van der Waals surface area contributed by atoms with E-state index in [4.69, 9.17) is 4.74 Å². The fourth-order valence-corrected chi connectivity index (χ4v) is 1.88. The van der Waals surface area contributed by atoms with E-state index in [1.807, 2.05) is 13.8 Å². The summed E-state index contributed by atoms with van der Waals surface area (Å²) >= 11 is 0. The van der Waals surface area contributed by atoms with Crippen molar-refractivity contribution in [2.24, 2.45) is 11.8 Å². The second-order valence-corrected chi connectivity index (χ2v) is 5.94. The Hall–Kier alpha value is -2.17. The van der Waals surface area contributed by atoms with E-state index in [9.17, 15) is 14.4 Å². The van der Waals surface area contributed by atoms with Crippen molar-refractivity contribution in [3.8, 4) is 0 Å². The molecule has 1 aliphatic carbocycles. The average molecular weight is 303 g/mol. The largest absolute Gasteiger partial charge is 0.454 e. The molecule has 22 heavy (non-hydrogen) atoms. The number of anilines is 1. The maximum atomic E-state index is 12.2. The molecule has 0 bridgehead atoms. The Bertz CT molecular complexity index is 573. The van der Waals surface area contributed by atoms with Gasteiger partial charge in [0.25, 0.3) is 0 Å². The van der Waals surface area contributed by atoms with E-state index in [0.717, 1.165) is 12.8 Å². The molecule has 1 aromatic carbocycles. The van der Waals surface area contributed by atoms with E-state index in [2.05, 4.69) is 5.32 Å². The fraction of sp³-hybridized carbons (Fsp3) is 0.471. The molecule has 1 fully saturated rings. The second-order valence-electron chi connectivity index (χ2n) is 5.94. The standard InChI is InChI=1S/C17H21NO4/c1-10(2)16(20)18-14-8-6-12(7-9-14)15(19)11(3)22-17(21)13-4-5-13/h6-11,13H,4-5H2,1-3H3,(H,18,20)/t11-/m1/s1. The summed E-state index contributed by atoms with van der Waals surface area (Å²) < 4.78 is 5.16. The maximum absolute atomic E-state index is 12.2. The van der Waals surface area contributed by atoms with Gasteiger partial charge in [0, 0.05) is 17.2 Å². The molecule has 118 valence electrons. The number of Topliss-reactive ketones (excluding diaryl/α,β-unsaturated/α-hetero) is 1. The number of ketones is 1. The van der Waals surface area contributed by atoms with Crippen molar-refractivity contribution in [2.45, 2.75) is 39.7 Å². The van der Waals surface area contributed by atoms with Crippen LogP contribution in [0.4, 0.5) is 5.69 Å². The first-order valence-electron chi connectivity index (χ1n) is 7.54. The van der Waals surface area contributed by atoms with Gasteiger partial charge in [0.05, 0.1) is 5.92 Å². The summed E-state index contributed by atoms with van der Waals surface area (Å²) in [5, 5.41) is 2.76. The molecule has 0 unspecified atom stereocenters. The van der Waals surface area contributed by atoms with Gasteiger partial charge in [-0.25, -0.2) is 0 Å². The van der Waals surface area contributed by atoms with Gasteiger partial charge in [-0.15, -0.1) is 0 Å². The number of nitrogens with one attached hydrogen (secondary N) is 1. The Morgan fingerprint density at radius 1 is 1.09 bits per heavy atom. The minimum Gasteiger partial charge on any atom is -0.454 e. The fourth-order valence-electron chi connectivity index (χ4n) is 1.88. The van der Waals surface area contributed by atoms with Crippen LogP contribution in [0.2, 0.25) is 0 Å². The van der Waals surface area contributed by atoms with E-state index in [1.54, 1.807) is 31.2 Å². The summed E-state index contributed by atoms with van der Waals surface area (Å²) in [5.41, 5.74) is 1.09. The van der Waals surface area contributed by atoms with Crippen LogP contribution in [0, 0.1) is 11.8 Å². The van der Waals surface area contributed by atoms with Crippen LogP contribution >= 0.6 is 0 Å². The van der Waals surface area contributed by atoms with Crippen LogP contribution in [-0.2, 0) is 14.3 Å². The van der Waals surface area contributed by atoms with Crippen molar-refractivity contribution in [1.82, 2.24) is 0 Å². The highest BCUT2D eigenvalue weighted by Gasteiger charge is 2.33. The van der Waals surface area contributed by atoms with Gasteiger partial charge in [0.15, 0.2) is 6.10 Å². The number of ether oxygens (including phenoxy) is 1. The van der Waals surface area contributed by atoms with Gasteiger partial charge in [-0.2, -0.15) is 0 Å². The van der Waals surface area contributed by atoms with Crippen molar-refractivity contribution in [3.63, 3.8) is 0 Å². The molecule has 1 amide bonds. The smallest absolute Gasteiger partial charge is 0.309 e. The molecule has 0 aromatic heterocycles. The molecule has 0 heterocycles. The van der Waals surface area contributed by atoms with Crippen molar-refractivity contribution in [2.75, 3.05) is 5.32 Å². The average Bonchev–Trinajstić information content (AvgIpc) is 3.31. The summed E-state index contributed by atoms with van der Waals surface area (Å²) in [6, 6.07) is 6.59. The third-order valence-electron chi connectivity index (χ3n) is 3.53. The Morgan fingerprint density at radius 3 is 2.18 bits per heavy atom. The maximum Gasteiger partial charge on any atom is 0.309 e. The molecule has 5 nitrogen and oxygen atoms in total. The summed E-state index contributed by atoms with van der Waals surface area (Å²) in [7, 11) is 0. The Kier molecular flexibility index (Phi) is 4.96. The van der Waals surface area contributed by atoms with Crippen LogP contribution < -0.4 is 5.32 Å². The second kappa shape index (κ2) is 6.73. The third-order valence-corrected chi connectivity index (χ3v) is 3.53. The molecule has 0 aliphatic heterocycles. The minimum atomic E-state index is -0.788. The van der Waals surface area contributed by atoms with Crippen LogP contribution in [0.5, 0.6) is 0 Å². The minimum absolute atomic E-state index is 0.0242. The molecule has 1 aromatic rings. The van der Waals surface area contributed by atoms with Gasteiger partial charge in [0.1, 0.15) is 0 Å². The number of amides is 1. The predicted molar refractivity (Wildman–Crippen MR) is 82.5 cm³/mol. The Morgan fingerprint density at radius 2 is 1.68 bits per heavy atom. The first kappa shape index (κ1) is 16.2. The van der Waals surface area contributed by atoms with Crippen molar-refractivity contribution in [3.05, 3.63) is 29.8 Å². The first-order chi connectivity index (χ1) is 10.4. The summed E-state index contributed by atoms with van der Waals surface area (Å²) in [4.78, 5) is 35.4. The molecule has 0 saturated heterocycles. The lowest BCUT2D eigenvalue weighted by atomic mass is 10.1. The molecular weight excluding hydrogens is 282 g/mol. The van der Waals surface area contributed by atoms with Crippen molar-refractivity contribution >= 4 is 23.3 Å². The zero-order valence-electron chi connectivity index (χ0n) is 13.1. The number of hydrogen-bond donors (Lipinski definition) is 1.